The van der Waals surface area contributed by atoms with Gasteiger partial charge in [0.2, 0.25) is 10.0 Å². The van der Waals surface area contributed by atoms with Crippen molar-refractivity contribution in [1.29, 1.82) is 0 Å². The monoisotopic (exact) mass is 316 g/mol. The van der Waals surface area contributed by atoms with Gasteiger partial charge in [0.05, 0.1) is 22.5 Å². The molecule has 0 aliphatic heterocycles. The summed E-state index contributed by atoms with van der Waals surface area (Å²) in [5, 5.41) is 10.7. The summed E-state index contributed by atoms with van der Waals surface area (Å²) in [7, 11) is -2.89. The number of esters is 1. The highest BCUT2D eigenvalue weighted by molar-refractivity contribution is 7.89. The number of nitrogens with one attached hydrogen (secondary N) is 1. The Morgan fingerprint density at radius 2 is 2.05 bits per heavy atom. The smallest absolute Gasteiger partial charge is 0.339 e. The van der Waals surface area contributed by atoms with Gasteiger partial charge in [-0.25, -0.2) is 17.9 Å². The number of sulfonamides is 1. The van der Waals surface area contributed by atoms with Crippen molar-refractivity contribution in [3.63, 3.8) is 0 Å². The van der Waals surface area contributed by atoms with E-state index in [0.717, 1.165) is 25.3 Å². The van der Waals surface area contributed by atoms with Crippen molar-refractivity contribution in [2.75, 3.05) is 13.7 Å². The SMILES string of the molecule is COC(=O)c1cc([N+](=O)[O-])ccc1S(=O)(=O)NCC(C)C. The first-order valence-electron chi connectivity index (χ1n) is 6.05. The lowest BCUT2D eigenvalue weighted by Gasteiger charge is -2.11. The second-order valence-corrected chi connectivity index (χ2v) is 6.41. The van der Waals surface area contributed by atoms with Crippen molar-refractivity contribution in [2.24, 2.45) is 5.92 Å². The van der Waals surface area contributed by atoms with Gasteiger partial charge in [0.1, 0.15) is 0 Å². The van der Waals surface area contributed by atoms with Crippen LogP contribution in [0.5, 0.6) is 0 Å². The minimum atomic E-state index is -3.96. The molecule has 0 atom stereocenters. The Morgan fingerprint density at radius 3 is 2.52 bits per heavy atom. The highest BCUT2D eigenvalue weighted by atomic mass is 32.2. The maximum absolute atomic E-state index is 12.2. The molecule has 0 radical (unpaired) electrons. The lowest BCUT2D eigenvalue weighted by Crippen LogP contribution is -2.29. The number of carbonyl (C=O) groups excluding carboxylic acids is 1. The normalized spacial score (nSPS) is 11.4. The van der Waals surface area contributed by atoms with Crippen molar-refractivity contribution >= 4 is 21.7 Å². The summed E-state index contributed by atoms with van der Waals surface area (Å²) in [6.07, 6.45) is 0. The van der Waals surface area contributed by atoms with E-state index >= 15 is 0 Å². The molecule has 0 fully saturated rings. The molecule has 0 aromatic heterocycles. The Balaban J connectivity index is 3.34. The zero-order valence-corrected chi connectivity index (χ0v) is 12.6. The predicted octanol–water partition coefficient (Wildman–Crippen LogP) is 1.32. The standard InChI is InChI=1S/C12H16N2O6S/c1-8(2)7-13-21(18,19)11-5-4-9(14(16)17)6-10(11)12(15)20-3/h4-6,8,13H,7H2,1-3H3. The maximum atomic E-state index is 12.2. The van der Waals surface area contributed by atoms with Crippen LogP contribution in [0.2, 0.25) is 0 Å². The van der Waals surface area contributed by atoms with E-state index in [9.17, 15) is 23.3 Å². The molecule has 0 unspecified atom stereocenters. The van der Waals surface area contributed by atoms with E-state index < -0.39 is 26.6 Å². The van der Waals surface area contributed by atoms with Gasteiger partial charge in [-0.1, -0.05) is 13.8 Å². The quantitative estimate of drug-likeness (QED) is 0.480. The molecular formula is C12H16N2O6S. The van der Waals surface area contributed by atoms with Crippen molar-refractivity contribution in [1.82, 2.24) is 4.72 Å². The first-order chi connectivity index (χ1) is 9.69. The molecule has 0 heterocycles. The van der Waals surface area contributed by atoms with Gasteiger partial charge in [-0.3, -0.25) is 10.1 Å². The van der Waals surface area contributed by atoms with Crippen LogP contribution in [0, 0.1) is 16.0 Å². The van der Waals surface area contributed by atoms with Crippen LogP contribution in [0.3, 0.4) is 0 Å². The molecule has 0 aliphatic carbocycles. The van der Waals surface area contributed by atoms with Crippen molar-refractivity contribution in [2.45, 2.75) is 18.7 Å². The molecule has 0 saturated carbocycles. The van der Waals surface area contributed by atoms with E-state index in [4.69, 9.17) is 0 Å². The molecule has 8 nitrogen and oxygen atoms in total. The number of nitro benzene ring substituents is 1. The molecule has 0 amide bonds. The largest absolute Gasteiger partial charge is 0.465 e. The molecule has 9 heteroatoms. The fraction of sp³-hybridized carbons (Fsp3) is 0.417. The van der Waals surface area contributed by atoms with Crippen LogP contribution in [0.4, 0.5) is 5.69 Å². The van der Waals surface area contributed by atoms with Crippen molar-refractivity contribution in [3.05, 3.63) is 33.9 Å². The molecule has 1 aromatic rings. The van der Waals surface area contributed by atoms with Crippen LogP contribution < -0.4 is 4.72 Å². The maximum Gasteiger partial charge on any atom is 0.339 e. The fourth-order valence-corrected chi connectivity index (χ4v) is 2.88. The van der Waals surface area contributed by atoms with Crippen LogP contribution in [0.15, 0.2) is 23.1 Å². The summed E-state index contributed by atoms with van der Waals surface area (Å²) in [6.45, 7) is 3.82. The summed E-state index contributed by atoms with van der Waals surface area (Å²) in [5.74, 6) is -0.886. The van der Waals surface area contributed by atoms with E-state index in [1.165, 1.54) is 0 Å². The Kier molecular flexibility index (Phi) is 5.39. The van der Waals surface area contributed by atoms with Crippen LogP contribution >= 0.6 is 0 Å². The van der Waals surface area contributed by atoms with E-state index in [-0.39, 0.29) is 22.9 Å². The predicted molar refractivity (Wildman–Crippen MR) is 74.5 cm³/mol. The van der Waals surface area contributed by atoms with Gasteiger partial charge in [-0.2, -0.15) is 0 Å². The molecule has 0 aliphatic rings. The number of carbonyl (C=O) groups is 1. The number of rotatable bonds is 6. The first-order valence-corrected chi connectivity index (χ1v) is 7.53. The second kappa shape index (κ2) is 6.64. The van der Waals surface area contributed by atoms with Gasteiger partial charge in [0, 0.05) is 18.7 Å². The number of methoxy groups -OCH3 is 1. The molecular weight excluding hydrogens is 300 g/mol. The lowest BCUT2D eigenvalue weighted by molar-refractivity contribution is -0.384. The van der Waals surface area contributed by atoms with Crippen LogP contribution in [-0.4, -0.2) is 33.0 Å². The first kappa shape index (κ1) is 17.1. The number of hydrogen-bond donors (Lipinski definition) is 1. The Labute approximate surface area is 122 Å². The third-order valence-electron chi connectivity index (χ3n) is 2.55. The molecule has 116 valence electrons. The Bertz CT molecular complexity index is 654. The van der Waals surface area contributed by atoms with Gasteiger partial charge >= 0.3 is 5.97 Å². The highest BCUT2D eigenvalue weighted by Gasteiger charge is 2.25. The van der Waals surface area contributed by atoms with E-state index in [0.29, 0.717) is 0 Å². The number of non-ortho nitro benzene ring substituents is 1. The van der Waals surface area contributed by atoms with E-state index in [2.05, 4.69) is 9.46 Å². The number of benzene rings is 1. The summed E-state index contributed by atoms with van der Waals surface area (Å²) in [6, 6.07) is 2.93. The number of hydrogen-bond acceptors (Lipinski definition) is 6. The fourth-order valence-electron chi connectivity index (χ4n) is 1.49. The topological polar surface area (TPSA) is 116 Å². The summed E-state index contributed by atoms with van der Waals surface area (Å²) < 4.78 is 31.2. The van der Waals surface area contributed by atoms with Gasteiger partial charge in [0.15, 0.2) is 0 Å². The van der Waals surface area contributed by atoms with Gasteiger partial charge in [-0.15, -0.1) is 0 Å². The zero-order chi connectivity index (χ0) is 16.2. The van der Waals surface area contributed by atoms with Gasteiger partial charge in [-0.05, 0) is 12.0 Å². The summed E-state index contributed by atoms with van der Waals surface area (Å²) in [4.78, 5) is 21.3. The molecule has 1 rings (SSSR count). The van der Waals surface area contributed by atoms with Crippen molar-refractivity contribution < 1.29 is 22.9 Å². The summed E-state index contributed by atoms with van der Waals surface area (Å²) in [5.41, 5.74) is -0.763. The summed E-state index contributed by atoms with van der Waals surface area (Å²) >= 11 is 0. The molecule has 1 N–H and O–H groups in total. The van der Waals surface area contributed by atoms with E-state index in [1.54, 1.807) is 0 Å². The minimum absolute atomic E-state index is 0.0689. The molecule has 21 heavy (non-hydrogen) atoms. The molecule has 0 bridgehead atoms. The van der Waals surface area contributed by atoms with Crippen molar-refractivity contribution in [3.8, 4) is 0 Å². The van der Waals surface area contributed by atoms with Crippen LogP contribution in [-0.2, 0) is 14.8 Å². The number of nitrogens with zero attached hydrogens (tertiary/aromatic N) is 1. The van der Waals surface area contributed by atoms with E-state index in [1.807, 2.05) is 13.8 Å². The van der Waals surface area contributed by atoms with Gasteiger partial charge < -0.3 is 4.74 Å². The number of nitro groups is 1. The third-order valence-corrected chi connectivity index (χ3v) is 4.03. The lowest BCUT2D eigenvalue weighted by atomic mass is 10.2. The van der Waals surface area contributed by atoms with Gasteiger partial charge in [0.25, 0.3) is 5.69 Å². The Hall–Kier alpha value is -2.00. The Morgan fingerprint density at radius 1 is 1.43 bits per heavy atom. The van der Waals surface area contributed by atoms with Crippen LogP contribution in [0.1, 0.15) is 24.2 Å². The molecule has 0 saturated heterocycles. The average Bonchev–Trinajstić information content (AvgIpc) is 2.43. The second-order valence-electron chi connectivity index (χ2n) is 4.67. The average molecular weight is 316 g/mol. The minimum Gasteiger partial charge on any atom is -0.465 e. The number of ether oxygens (including phenoxy) is 1. The molecule has 1 aromatic carbocycles. The zero-order valence-electron chi connectivity index (χ0n) is 11.8. The third kappa shape index (κ3) is 4.23. The highest BCUT2D eigenvalue weighted by Crippen LogP contribution is 2.22. The van der Waals surface area contributed by atoms with Crippen LogP contribution in [0.25, 0.3) is 0 Å². The molecule has 0 spiro atoms.